The summed E-state index contributed by atoms with van der Waals surface area (Å²) in [6, 6.07) is 17.6. The maximum Gasteiger partial charge on any atom is 0.164 e. The van der Waals surface area contributed by atoms with Gasteiger partial charge >= 0.3 is 0 Å². The van der Waals surface area contributed by atoms with E-state index in [1.54, 1.807) is 13.3 Å². The van der Waals surface area contributed by atoms with Crippen LogP contribution < -0.4 is 14.9 Å². The van der Waals surface area contributed by atoms with Gasteiger partial charge in [-0.1, -0.05) is 28.1 Å². The van der Waals surface area contributed by atoms with E-state index in [2.05, 4.69) is 37.5 Å². The number of anilines is 1. The number of hydrogen-bond donors (Lipinski definition) is 1. The molecule has 0 fully saturated rings. The fourth-order valence-electron chi connectivity index (χ4n) is 3.12. The Balaban J connectivity index is 1.74. The Morgan fingerprint density at radius 1 is 1.09 bits per heavy atom. The topological polar surface area (TPSA) is 88.8 Å². The van der Waals surface area contributed by atoms with Gasteiger partial charge in [0.25, 0.3) is 0 Å². The largest absolute Gasteiger partial charge is 0.490 e. The van der Waals surface area contributed by atoms with Gasteiger partial charge in [0.2, 0.25) is 0 Å². The van der Waals surface area contributed by atoms with E-state index in [1.807, 2.05) is 62.4 Å². The zero-order valence-corrected chi connectivity index (χ0v) is 20.3. The summed E-state index contributed by atoms with van der Waals surface area (Å²) >= 11 is 3.44. The zero-order chi connectivity index (χ0) is 23.6. The van der Waals surface area contributed by atoms with Gasteiger partial charge in [-0.3, -0.25) is 5.43 Å². The molecule has 1 N–H and O–H groups in total. The maximum atomic E-state index is 9.54. The number of nitrogens with one attached hydrogen (secondary N) is 1. The first-order valence-electron chi connectivity index (χ1n) is 10.4. The molecule has 7 nitrogen and oxygen atoms in total. The molecule has 0 aliphatic rings. The lowest BCUT2D eigenvalue weighted by molar-refractivity contribution is 0.184. The highest BCUT2D eigenvalue weighted by atomic mass is 79.9. The molecular weight excluding hydrogens is 484 g/mol. The monoisotopic (exact) mass is 508 g/mol. The van der Waals surface area contributed by atoms with E-state index in [9.17, 15) is 5.26 Å². The number of hydrogen-bond acceptors (Lipinski definition) is 7. The van der Waals surface area contributed by atoms with Gasteiger partial charge in [-0.2, -0.15) is 10.4 Å². The van der Waals surface area contributed by atoms with Crippen LogP contribution in [0.15, 0.2) is 58.1 Å². The second-order valence-electron chi connectivity index (χ2n) is 7.12. The van der Waals surface area contributed by atoms with E-state index in [4.69, 9.17) is 14.2 Å². The summed E-state index contributed by atoms with van der Waals surface area (Å²) in [5, 5.41) is 13.8. The first-order chi connectivity index (χ1) is 16.0. The molecule has 33 heavy (non-hydrogen) atoms. The van der Waals surface area contributed by atoms with Crippen molar-refractivity contribution < 1.29 is 14.2 Å². The fraction of sp³-hybridized carbons (Fsp3) is 0.240. The van der Waals surface area contributed by atoms with Gasteiger partial charge in [-0.25, -0.2) is 4.98 Å². The van der Waals surface area contributed by atoms with Crippen molar-refractivity contribution in [3.63, 3.8) is 0 Å². The van der Waals surface area contributed by atoms with Crippen molar-refractivity contribution in [1.29, 1.82) is 5.26 Å². The molecule has 0 aliphatic heterocycles. The Morgan fingerprint density at radius 2 is 1.88 bits per heavy atom. The smallest absolute Gasteiger partial charge is 0.164 e. The molecule has 3 aromatic rings. The first kappa shape index (κ1) is 24.2. The molecule has 2 aromatic carbocycles. The Bertz CT molecular complexity index is 1160. The van der Waals surface area contributed by atoms with Crippen molar-refractivity contribution >= 4 is 28.0 Å². The highest BCUT2D eigenvalue weighted by Gasteiger charge is 2.11. The molecule has 0 atom stereocenters. The molecule has 0 bridgehead atoms. The average Bonchev–Trinajstić information content (AvgIpc) is 2.80. The SMILES string of the molecule is CCOc1cc(/C=N/Nc2nc(C)cc(COC)c2C#N)ccc1OCc1ccc(Br)cc1. The van der Waals surface area contributed by atoms with Crippen LogP contribution in [0.1, 0.15) is 34.9 Å². The second kappa shape index (κ2) is 12.0. The molecule has 1 heterocycles. The number of aryl methyl sites for hydroxylation is 1. The van der Waals surface area contributed by atoms with E-state index in [0.717, 1.165) is 26.9 Å². The van der Waals surface area contributed by atoms with Crippen LogP contribution >= 0.6 is 15.9 Å². The summed E-state index contributed by atoms with van der Waals surface area (Å²) in [5.41, 5.74) is 6.68. The van der Waals surface area contributed by atoms with Crippen LogP contribution in [0.5, 0.6) is 11.5 Å². The van der Waals surface area contributed by atoms with Gasteiger partial charge in [-0.15, -0.1) is 0 Å². The minimum absolute atomic E-state index is 0.323. The Morgan fingerprint density at radius 3 is 2.58 bits per heavy atom. The van der Waals surface area contributed by atoms with Gasteiger partial charge in [0.1, 0.15) is 18.2 Å². The van der Waals surface area contributed by atoms with Crippen molar-refractivity contribution in [3.8, 4) is 17.6 Å². The zero-order valence-electron chi connectivity index (χ0n) is 18.8. The minimum Gasteiger partial charge on any atom is -0.490 e. The molecular formula is C25H25BrN4O3. The van der Waals surface area contributed by atoms with Gasteiger partial charge in [0, 0.05) is 22.8 Å². The molecule has 0 amide bonds. The van der Waals surface area contributed by atoms with Crippen molar-refractivity contribution in [2.75, 3.05) is 19.1 Å². The second-order valence-corrected chi connectivity index (χ2v) is 8.03. The van der Waals surface area contributed by atoms with Gasteiger partial charge in [0.15, 0.2) is 17.3 Å². The molecule has 8 heteroatoms. The van der Waals surface area contributed by atoms with E-state index in [-0.39, 0.29) is 0 Å². The maximum absolute atomic E-state index is 9.54. The van der Waals surface area contributed by atoms with Crippen molar-refractivity contribution in [2.45, 2.75) is 27.1 Å². The average molecular weight is 509 g/mol. The summed E-state index contributed by atoms with van der Waals surface area (Å²) in [5.74, 6) is 1.67. The molecule has 1 aromatic heterocycles. The van der Waals surface area contributed by atoms with Crippen LogP contribution in [-0.2, 0) is 18.0 Å². The molecule has 0 saturated heterocycles. The van der Waals surface area contributed by atoms with Crippen LogP contribution in [-0.4, -0.2) is 24.9 Å². The lowest BCUT2D eigenvalue weighted by Gasteiger charge is -2.13. The van der Waals surface area contributed by atoms with Crippen LogP contribution in [0.2, 0.25) is 0 Å². The molecule has 0 saturated carbocycles. The number of benzene rings is 2. The van der Waals surface area contributed by atoms with E-state index < -0.39 is 0 Å². The Hall–Kier alpha value is -3.41. The quantitative estimate of drug-likeness (QED) is 0.283. The number of halogens is 1. The highest BCUT2D eigenvalue weighted by Crippen LogP contribution is 2.29. The third kappa shape index (κ3) is 6.78. The first-order valence-corrected chi connectivity index (χ1v) is 11.2. The number of aromatic nitrogens is 1. The number of nitriles is 1. The Labute approximate surface area is 202 Å². The lowest BCUT2D eigenvalue weighted by Crippen LogP contribution is -2.04. The molecule has 170 valence electrons. The number of ether oxygens (including phenoxy) is 3. The number of nitrogens with zero attached hydrogens (tertiary/aromatic N) is 3. The van der Waals surface area contributed by atoms with Crippen LogP contribution in [0.3, 0.4) is 0 Å². The standard InChI is InChI=1S/C25H25BrN4O3/c1-4-32-24-12-19(7-10-23(24)33-15-18-5-8-21(26)9-6-18)14-28-30-25-22(13-27)20(16-31-3)11-17(2)29-25/h5-12,14H,4,15-16H2,1-3H3,(H,29,30)/b28-14+. The van der Waals surface area contributed by atoms with Gasteiger partial charge in [0.05, 0.1) is 19.4 Å². The lowest BCUT2D eigenvalue weighted by atomic mass is 10.1. The molecule has 0 spiro atoms. The number of methoxy groups -OCH3 is 1. The van der Waals surface area contributed by atoms with Gasteiger partial charge in [-0.05, 0) is 61.4 Å². The predicted molar refractivity (Wildman–Crippen MR) is 132 cm³/mol. The molecule has 0 aliphatic carbocycles. The molecule has 0 radical (unpaired) electrons. The van der Waals surface area contributed by atoms with Crippen LogP contribution in [0.4, 0.5) is 5.82 Å². The van der Waals surface area contributed by atoms with Crippen molar-refractivity contribution in [3.05, 3.63) is 81.0 Å². The fourth-order valence-corrected chi connectivity index (χ4v) is 3.38. The third-order valence-electron chi connectivity index (χ3n) is 4.60. The summed E-state index contributed by atoms with van der Waals surface area (Å²) in [7, 11) is 1.59. The number of rotatable bonds is 10. The normalized spacial score (nSPS) is 10.8. The number of hydrazone groups is 1. The summed E-state index contributed by atoms with van der Waals surface area (Å²) in [6.45, 7) is 5.04. The van der Waals surface area contributed by atoms with Crippen molar-refractivity contribution in [1.82, 2.24) is 4.98 Å². The van der Waals surface area contributed by atoms with E-state index >= 15 is 0 Å². The summed E-state index contributed by atoms with van der Waals surface area (Å²) in [6.07, 6.45) is 1.64. The van der Waals surface area contributed by atoms with Gasteiger partial charge < -0.3 is 14.2 Å². The summed E-state index contributed by atoms with van der Waals surface area (Å²) in [4.78, 5) is 4.39. The Kier molecular flexibility index (Phi) is 8.81. The van der Waals surface area contributed by atoms with Crippen LogP contribution in [0.25, 0.3) is 0 Å². The number of pyridine rings is 1. The van der Waals surface area contributed by atoms with Crippen LogP contribution in [0, 0.1) is 18.3 Å². The van der Waals surface area contributed by atoms with E-state index in [1.165, 1.54) is 0 Å². The molecule has 3 rings (SSSR count). The van der Waals surface area contributed by atoms with E-state index in [0.29, 0.717) is 42.7 Å². The third-order valence-corrected chi connectivity index (χ3v) is 5.13. The minimum atomic E-state index is 0.323. The van der Waals surface area contributed by atoms with Crippen molar-refractivity contribution in [2.24, 2.45) is 5.10 Å². The summed E-state index contributed by atoms with van der Waals surface area (Å²) < 4.78 is 17.9. The highest BCUT2D eigenvalue weighted by molar-refractivity contribution is 9.10. The molecule has 0 unspecified atom stereocenters. The predicted octanol–water partition coefficient (Wildman–Crippen LogP) is 5.59.